The van der Waals surface area contributed by atoms with Crippen LogP contribution in [0.25, 0.3) is 153 Å². The topological polar surface area (TPSA) is 0 Å². The van der Waals surface area contributed by atoms with Crippen molar-refractivity contribution in [1.29, 1.82) is 0 Å². The molecule has 0 N–H and O–H groups in total. The van der Waals surface area contributed by atoms with Crippen LogP contribution in [0.1, 0.15) is 25.0 Å². The number of hydrogen-bond donors (Lipinski definition) is 0. The lowest BCUT2D eigenvalue weighted by atomic mass is 9.78. The summed E-state index contributed by atoms with van der Waals surface area (Å²) >= 11 is 0. The van der Waals surface area contributed by atoms with Crippen LogP contribution >= 0.6 is 0 Å². The SMILES string of the molecule is CC1(C)c2cc(-c3c4ccccc4c(-c4cccc5ccccc45)c4ccccc34)ccc2-c2ccc(-c3c4ccccc4c(-c4c5ccccc5c(-c5cccc6ccccc56)c5ccccc45)c4ccccc34)cc21. The molecule has 0 bridgehead atoms. The van der Waals surface area contributed by atoms with Crippen LogP contribution in [0.2, 0.25) is 0 Å². The Balaban J connectivity index is 0.878. The van der Waals surface area contributed by atoms with Crippen LogP contribution in [0.15, 0.2) is 267 Å². The molecule has 0 aromatic heterocycles. The Morgan fingerprint density at radius 2 is 0.442 bits per heavy atom. The highest BCUT2D eigenvalue weighted by Crippen LogP contribution is 2.55. The highest BCUT2D eigenvalue weighted by atomic mass is 14.4. The first kappa shape index (κ1) is 43.7. The lowest BCUT2D eigenvalue weighted by Crippen LogP contribution is -2.15. The molecule has 1 aliphatic rings. The number of fused-ring (bicyclic) bond motifs is 11. The van der Waals surface area contributed by atoms with Crippen molar-refractivity contribution in [3.63, 3.8) is 0 Å². The summed E-state index contributed by atoms with van der Waals surface area (Å²) in [7, 11) is 0. The van der Waals surface area contributed by atoms with Gasteiger partial charge in [-0.1, -0.05) is 269 Å². The second-order valence-electron chi connectivity index (χ2n) is 21.7. The van der Waals surface area contributed by atoms with Crippen molar-refractivity contribution in [2.75, 3.05) is 0 Å². The molecule has 0 aliphatic heterocycles. The average Bonchev–Trinajstić information content (AvgIpc) is 3.72. The molecule has 0 atom stereocenters. The van der Waals surface area contributed by atoms with Gasteiger partial charge in [0.15, 0.2) is 0 Å². The first-order valence-electron chi connectivity index (χ1n) is 27.1. The van der Waals surface area contributed by atoms with Gasteiger partial charge in [-0.15, -0.1) is 0 Å². The molecule has 0 nitrogen and oxygen atoms in total. The van der Waals surface area contributed by atoms with E-state index < -0.39 is 0 Å². The van der Waals surface area contributed by atoms with Gasteiger partial charge in [0.2, 0.25) is 0 Å². The predicted octanol–water partition coefficient (Wildman–Crippen LogP) is 21.6. The third-order valence-corrected chi connectivity index (χ3v) is 17.4. The summed E-state index contributed by atoms with van der Waals surface area (Å²) < 4.78 is 0. The van der Waals surface area contributed by atoms with Crippen molar-refractivity contribution in [3.05, 3.63) is 278 Å². The fourth-order valence-electron chi connectivity index (χ4n) is 14.1. The van der Waals surface area contributed by atoms with Crippen LogP contribution in [-0.4, -0.2) is 0 Å². The van der Waals surface area contributed by atoms with E-state index in [1.807, 2.05) is 0 Å². The highest BCUT2D eigenvalue weighted by molar-refractivity contribution is 6.31. The normalized spacial score (nSPS) is 12.9. The van der Waals surface area contributed by atoms with Crippen LogP contribution in [0.3, 0.4) is 0 Å². The van der Waals surface area contributed by atoms with E-state index in [1.54, 1.807) is 0 Å². The quantitative estimate of drug-likeness (QED) is 0.151. The van der Waals surface area contributed by atoms with E-state index >= 15 is 0 Å². The summed E-state index contributed by atoms with van der Waals surface area (Å²) in [5.41, 5.74) is 17.8. The number of rotatable bonds is 5. The van der Waals surface area contributed by atoms with Crippen molar-refractivity contribution in [2.45, 2.75) is 19.3 Å². The molecule has 0 saturated heterocycles. The van der Waals surface area contributed by atoms with Crippen LogP contribution in [0, 0.1) is 0 Å². The van der Waals surface area contributed by atoms with Gasteiger partial charge in [-0.25, -0.2) is 0 Å². The second kappa shape index (κ2) is 16.7. The van der Waals surface area contributed by atoms with Gasteiger partial charge in [0.1, 0.15) is 0 Å². The van der Waals surface area contributed by atoms with E-state index in [2.05, 4.69) is 281 Å². The Kier molecular flexibility index (Phi) is 9.48. The number of hydrogen-bond acceptors (Lipinski definition) is 0. The smallest absolute Gasteiger partial charge is 0.0159 e. The summed E-state index contributed by atoms with van der Waals surface area (Å²) in [4.78, 5) is 0. The van der Waals surface area contributed by atoms with Crippen LogP contribution < -0.4 is 0 Å². The third-order valence-electron chi connectivity index (χ3n) is 17.4. The van der Waals surface area contributed by atoms with Gasteiger partial charge in [-0.2, -0.15) is 0 Å². The van der Waals surface area contributed by atoms with Gasteiger partial charge in [-0.3, -0.25) is 0 Å². The monoisotopic (exact) mass is 974 g/mol. The third kappa shape index (κ3) is 6.34. The molecule has 16 rings (SSSR count). The van der Waals surface area contributed by atoms with E-state index in [-0.39, 0.29) is 5.41 Å². The molecular weight excluding hydrogens is 925 g/mol. The predicted molar refractivity (Wildman–Crippen MR) is 331 cm³/mol. The fourth-order valence-corrected chi connectivity index (χ4v) is 14.1. The Bertz CT molecular complexity index is 4830. The van der Waals surface area contributed by atoms with E-state index in [4.69, 9.17) is 0 Å². The molecule has 358 valence electrons. The largest absolute Gasteiger partial charge is 0.0616 e. The maximum Gasteiger partial charge on any atom is 0.0159 e. The molecule has 0 fully saturated rings. The van der Waals surface area contributed by atoms with Gasteiger partial charge in [-0.05, 0) is 176 Å². The molecule has 15 aromatic carbocycles. The molecule has 0 heteroatoms. The summed E-state index contributed by atoms with van der Waals surface area (Å²) in [6.45, 7) is 4.87. The Labute approximate surface area is 447 Å². The fraction of sp³-hybridized carbons (Fsp3) is 0.0390. The van der Waals surface area contributed by atoms with E-state index in [0.717, 1.165) is 0 Å². The molecular formula is C77H50. The lowest BCUT2D eigenvalue weighted by molar-refractivity contribution is 0.661. The summed E-state index contributed by atoms with van der Waals surface area (Å²) in [5, 5.41) is 20.2. The van der Waals surface area contributed by atoms with E-state index in [0.29, 0.717) is 0 Å². The van der Waals surface area contributed by atoms with Gasteiger partial charge in [0.25, 0.3) is 0 Å². The zero-order chi connectivity index (χ0) is 50.9. The Morgan fingerprint density at radius 1 is 0.195 bits per heavy atom. The van der Waals surface area contributed by atoms with Crippen molar-refractivity contribution in [1.82, 2.24) is 0 Å². The maximum absolute atomic E-state index is 2.52. The lowest BCUT2D eigenvalue weighted by Gasteiger charge is -2.24. The molecule has 0 amide bonds. The minimum absolute atomic E-state index is 0.263. The zero-order valence-electron chi connectivity index (χ0n) is 42.9. The second-order valence-corrected chi connectivity index (χ2v) is 21.7. The average molecular weight is 975 g/mol. The zero-order valence-corrected chi connectivity index (χ0v) is 42.9. The maximum atomic E-state index is 2.52. The minimum Gasteiger partial charge on any atom is -0.0616 e. The van der Waals surface area contributed by atoms with Gasteiger partial charge < -0.3 is 0 Å². The van der Waals surface area contributed by atoms with Crippen molar-refractivity contribution in [2.24, 2.45) is 0 Å². The Hall–Kier alpha value is -9.62. The molecule has 0 spiro atoms. The first-order valence-corrected chi connectivity index (χ1v) is 27.1. The molecule has 1 aliphatic carbocycles. The highest BCUT2D eigenvalue weighted by Gasteiger charge is 2.37. The molecule has 77 heavy (non-hydrogen) atoms. The van der Waals surface area contributed by atoms with Crippen LogP contribution in [0.4, 0.5) is 0 Å². The van der Waals surface area contributed by atoms with Crippen LogP contribution in [-0.2, 0) is 5.41 Å². The van der Waals surface area contributed by atoms with Gasteiger partial charge in [0, 0.05) is 5.41 Å². The van der Waals surface area contributed by atoms with Crippen molar-refractivity contribution in [3.8, 4) is 66.8 Å². The molecule has 15 aromatic rings. The summed E-state index contributed by atoms with van der Waals surface area (Å²) in [5.74, 6) is 0. The van der Waals surface area contributed by atoms with Crippen LogP contribution in [0.5, 0.6) is 0 Å². The van der Waals surface area contributed by atoms with Gasteiger partial charge in [0.05, 0.1) is 0 Å². The minimum atomic E-state index is -0.263. The first-order chi connectivity index (χ1) is 38.0. The molecule has 0 heterocycles. The summed E-state index contributed by atoms with van der Waals surface area (Å²) in [6, 6.07) is 100. The van der Waals surface area contributed by atoms with Crippen molar-refractivity contribution >= 4 is 86.2 Å². The standard InChI is InChI=1S/C77H50/c1-77(2)69-45-49(71-57-27-7-11-31-61(57)73(62-32-12-8-28-58(62)71)55-39-19-23-47-21-3-5-25-51(47)55)41-43-53(69)54-44-42-50(46-70(54)77)72-59-29-9-15-35-65(59)75(66-36-16-10-30-60(66)72)76-67-37-17-13-33-63(67)74(64-34-14-18-38-68(64)76)56-40-20-24-48-22-4-6-26-52(48)56/h3-46H,1-2H3. The summed E-state index contributed by atoms with van der Waals surface area (Å²) in [6.07, 6.45) is 0. The number of benzene rings is 15. The molecule has 0 radical (unpaired) electrons. The molecule has 0 unspecified atom stereocenters. The van der Waals surface area contributed by atoms with Crippen molar-refractivity contribution < 1.29 is 0 Å². The Morgan fingerprint density at radius 3 is 0.753 bits per heavy atom. The van der Waals surface area contributed by atoms with E-state index in [1.165, 1.54) is 164 Å². The van der Waals surface area contributed by atoms with E-state index in [9.17, 15) is 0 Å². The van der Waals surface area contributed by atoms with Gasteiger partial charge >= 0.3 is 0 Å². The molecule has 0 saturated carbocycles.